The smallest absolute Gasteiger partial charge is 0.310 e. The molecule has 2 rings (SSSR count). The van der Waals surface area contributed by atoms with Crippen molar-refractivity contribution >= 4 is 34.3 Å². The second-order valence-electron chi connectivity index (χ2n) is 3.61. The summed E-state index contributed by atoms with van der Waals surface area (Å²) in [4.78, 5) is 15.7. The van der Waals surface area contributed by atoms with Gasteiger partial charge in [0, 0.05) is 11.1 Å². The first-order valence-electron chi connectivity index (χ1n) is 5.16. The Bertz CT molecular complexity index is 585. The van der Waals surface area contributed by atoms with Crippen LogP contribution < -0.4 is 5.32 Å². The van der Waals surface area contributed by atoms with E-state index in [1.54, 1.807) is 29.7 Å². The zero-order valence-electron chi connectivity index (χ0n) is 9.51. The Hall–Kier alpha value is -1.66. The monoisotopic (exact) mass is 283 g/mol. The summed E-state index contributed by atoms with van der Waals surface area (Å²) in [5.74, 6) is 0. The van der Waals surface area contributed by atoms with Crippen LogP contribution in [0.4, 0.5) is 11.4 Å². The van der Waals surface area contributed by atoms with Crippen LogP contribution in [-0.2, 0) is 6.54 Å². The zero-order chi connectivity index (χ0) is 13.1. The largest absolute Gasteiger partial charge is 0.373 e. The molecule has 0 aliphatic rings. The van der Waals surface area contributed by atoms with E-state index in [1.165, 1.54) is 6.07 Å². The number of anilines is 1. The van der Waals surface area contributed by atoms with Crippen molar-refractivity contribution in [1.82, 2.24) is 4.98 Å². The number of para-hydroxylation sites is 1. The fourth-order valence-electron chi connectivity index (χ4n) is 1.50. The Morgan fingerprint density at radius 3 is 2.94 bits per heavy atom. The molecule has 0 bridgehead atoms. The van der Waals surface area contributed by atoms with Crippen LogP contribution >= 0.6 is 22.9 Å². The van der Waals surface area contributed by atoms with Crippen LogP contribution in [-0.4, -0.2) is 9.91 Å². The summed E-state index contributed by atoms with van der Waals surface area (Å²) in [6.45, 7) is 2.41. The Morgan fingerprint density at radius 1 is 1.56 bits per heavy atom. The van der Waals surface area contributed by atoms with Gasteiger partial charge in [-0.05, 0) is 19.1 Å². The summed E-state index contributed by atoms with van der Waals surface area (Å²) in [5.41, 5.74) is 0.299. The van der Waals surface area contributed by atoms with Crippen molar-refractivity contribution in [3.8, 4) is 0 Å². The first-order valence-corrected chi connectivity index (χ1v) is 6.35. The van der Waals surface area contributed by atoms with E-state index in [1.807, 2.05) is 6.92 Å². The lowest BCUT2D eigenvalue weighted by molar-refractivity contribution is -0.383. The SMILES string of the molecule is Cc1cnc(CNc2cccc(Cl)c2[N+](=O)[O-])s1. The summed E-state index contributed by atoms with van der Waals surface area (Å²) in [5, 5.41) is 14.9. The van der Waals surface area contributed by atoms with Gasteiger partial charge in [-0.3, -0.25) is 10.1 Å². The van der Waals surface area contributed by atoms with Crippen LogP contribution in [0.2, 0.25) is 5.02 Å². The predicted molar refractivity (Wildman–Crippen MR) is 72.3 cm³/mol. The molecule has 0 radical (unpaired) electrons. The van der Waals surface area contributed by atoms with Gasteiger partial charge in [0.1, 0.15) is 15.7 Å². The van der Waals surface area contributed by atoms with Crippen molar-refractivity contribution in [3.05, 3.63) is 49.4 Å². The van der Waals surface area contributed by atoms with Crippen molar-refractivity contribution in [3.63, 3.8) is 0 Å². The maximum Gasteiger partial charge on any atom is 0.310 e. The van der Waals surface area contributed by atoms with Gasteiger partial charge in [-0.15, -0.1) is 11.3 Å². The molecule has 0 aliphatic carbocycles. The standard InChI is InChI=1S/C11H10ClN3O2S/c1-7-5-14-10(18-7)6-13-9-4-2-3-8(12)11(9)15(16)17/h2-5,13H,6H2,1H3. The second kappa shape index (κ2) is 5.32. The van der Waals surface area contributed by atoms with E-state index in [4.69, 9.17) is 11.6 Å². The quantitative estimate of drug-likeness (QED) is 0.687. The Morgan fingerprint density at radius 2 is 2.33 bits per heavy atom. The highest BCUT2D eigenvalue weighted by atomic mass is 35.5. The number of hydrogen-bond donors (Lipinski definition) is 1. The number of thiazole rings is 1. The average Bonchev–Trinajstić information content (AvgIpc) is 2.72. The molecule has 1 aromatic heterocycles. The van der Waals surface area contributed by atoms with Gasteiger partial charge in [-0.25, -0.2) is 4.98 Å². The van der Waals surface area contributed by atoms with Crippen molar-refractivity contribution in [2.45, 2.75) is 13.5 Å². The van der Waals surface area contributed by atoms with Crippen LogP contribution in [0.3, 0.4) is 0 Å². The van der Waals surface area contributed by atoms with E-state index in [0.29, 0.717) is 12.2 Å². The molecule has 0 aliphatic heterocycles. The lowest BCUT2D eigenvalue weighted by Crippen LogP contribution is -2.02. The normalized spacial score (nSPS) is 10.3. The van der Waals surface area contributed by atoms with Crippen LogP contribution in [0, 0.1) is 17.0 Å². The van der Waals surface area contributed by atoms with E-state index in [2.05, 4.69) is 10.3 Å². The number of nitro benzene ring substituents is 1. The number of rotatable bonds is 4. The maximum atomic E-state index is 10.9. The number of aryl methyl sites for hydroxylation is 1. The van der Waals surface area contributed by atoms with E-state index in [0.717, 1.165) is 9.88 Å². The van der Waals surface area contributed by atoms with Gasteiger partial charge < -0.3 is 5.32 Å². The number of nitrogens with one attached hydrogen (secondary N) is 1. The third-order valence-electron chi connectivity index (χ3n) is 2.27. The van der Waals surface area contributed by atoms with Gasteiger partial charge in [0.2, 0.25) is 0 Å². The number of benzene rings is 1. The highest BCUT2D eigenvalue weighted by Crippen LogP contribution is 2.32. The first-order chi connectivity index (χ1) is 8.58. The predicted octanol–water partition coefficient (Wildman–Crippen LogP) is 3.63. The summed E-state index contributed by atoms with van der Waals surface area (Å²) >= 11 is 7.36. The molecule has 1 aromatic carbocycles. The minimum absolute atomic E-state index is 0.104. The molecule has 0 saturated carbocycles. The average molecular weight is 284 g/mol. The van der Waals surface area contributed by atoms with Gasteiger partial charge >= 0.3 is 5.69 Å². The summed E-state index contributed by atoms with van der Waals surface area (Å²) < 4.78 is 0. The van der Waals surface area contributed by atoms with Crippen LogP contribution in [0.15, 0.2) is 24.4 Å². The molecule has 2 aromatic rings. The highest BCUT2D eigenvalue weighted by molar-refractivity contribution is 7.11. The molecule has 5 nitrogen and oxygen atoms in total. The Labute approximate surface area is 113 Å². The number of nitro groups is 1. The molecule has 0 unspecified atom stereocenters. The molecule has 1 N–H and O–H groups in total. The lowest BCUT2D eigenvalue weighted by atomic mass is 10.2. The molecule has 0 spiro atoms. The van der Waals surface area contributed by atoms with Gasteiger partial charge in [0.15, 0.2) is 0 Å². The topological polar surface area (TPSA) is 68.1 Å². The summed E-state index contributed by atoms with van der Waals surface area (Å²) in [6, 6.07) is 4.80. The van der Waals surface area contributed by atoms with Crippen LogP contribution in [0.5, 0.6) is 0 Å². The van der Waals surface area contributed by atoms with E-state index >= 15 is 0 Å². The minimum atomic E-state index is -0.488. The maximum absolute atomic E-state index is 10.9. The van der Waals surface area contributed by atoms with Gasteiger partial charge in [0.25, 0.3) is 0 Å². The Balaban J connectivity index is 2.19. The highest BCUT2D eigenvalue weighted by Gasteiger charge is 2.18. The molecular formula is C11H10ClN3O2S. The summed E-state index contributed by atoms with van der Waals surface area (Å²) in [7, 11) is 0. The third-order valence-corrected chi connectivity index (χ3v) is 3.49. The molecule has 1 heterocycles. The van der Waals surface area contributed by atoms with E-state index in [-0.39, 0.29) is 10.7 Å². The van der Waals surface area contributed by atoms with Crippen LogP contribution in [0.1, 0.15) is 9.88 Å². The fourth-order valence-corrected chi connectivity index (χ4v) is 2.47. The van der Waals surface area contributed by atoms with Crippen molar-refractivity contribution in [2.75, 3.05) is 5.32 Å². The summed E-state index contributed by atoms with van der Waals surface area (Å²) in [6.07, 6.45) is 1.77. The van der Waals surface area contributed by atoms with Gasteiger partial charge in [0.05, 0.1) is 11.5 Å². The van der Waals surface area contributed by atoms with E-state index in [9.17, 15) is 10.1 Å². The van der Waals surface area contributed by atoms with Crippen molar-refractivity contribution in [2.24, 2.45) is 0 Å². The molecule has 18 heavy (non-hydrogen) atoms. The first kappa shape index (κ1) is 12.8. The lowest BCUT2D eigenvalue weighted by Gasteiger charge is -2.05. The van der Waals surface area contributed by atoms with Crippen molar-refractivity contribution < 1.29 is 4.92 Å². The molecular weight excluding hydrogens is 274 g/mol. The van der Waals surface area contributed by atoms with Crippen molar-refractivity contribution in [1.29, 1.82) is 0 Å². The molecule has 0 saturated heterocycles. The third kappa shape index (κ3) is 2.77. The van der Waals surface area contributed by atoms with E-state index < -0.39 is 4.92 Å². The molecule has 7 heteroatoms. The molecule has 94 valence electrons. The van der Waals surface area contributed by atoms with Gasteiger partial charge in [-0.1, -0.05) is 17.7 Å². The molecule has 0 amide bonds. The number of aromatic nitrogens is 1. The minimum Gasteiger partial charge on any atom is -0.373 e. The van der Waals surface area contributed by atoms with Gasteiger partial charge in [-0.2, -0.15) is 0 Å². The molecule has 0 fully saturated rings. The number of nitrogens with zero attached hydrogens (tertiary/aromatic N) is 2. The Kier molecular flexibility index (Phi) is 3.78. The number of hydrogen-bond acceptors (Lipinski definition) is 5. The van der Waals surface area contributed by atoms with Crippen LogP contribution in [0.25, 0.3) is 0 Å². The zero-order valence-corrected chi connectivity index (χ0v) is 11.1. The fraction of sp³-hybridized carbons (Fsp3) is 0.182. The number of halogens is 1. The second-order valence-corrected chi connectivity index (χ2v) is 5.34. The molecule has 0 atom stereocenters.